The molecule has 14 heteroatoms. The van der Waals surface area contributed by atoms with Gasteiger partial charge in [-0.1, -0.05) is 31.1 Å². The molecular formula is C39H50N6O7S. The monoisotopic (exact) mass is 746 g/mol. The van der Waals surface area contributed by atoms with Crippen molar-refractivity contribution in [3.63, 3.8) is 0 Å². The predicted molar refractivity (Wildman–Crippen MR) is 201 cm³/mol. The number of aromatic nitrogens is 2. The van der Waals surface area contributed by atoms with Crippen LogP contribution < -0.4 is 20.9 Å². The van der Waals surface area contributed by atoms with Crippen LogP contribution in [0.15, 0.2) is 41.8 Å². The van der Waals surface area contributed by atoms with Crippen LogP contribution in [-0.2, 0) is 19.2 Å². The van der Waals surface area contributed by atoms with Gasteiger partial charge in [0.25, 0.3) is 0 Å². The van der Waals surface area contributed by atoms with Crippen molar-refractivity contribution in [2.24, 2.45) is 5.92 Å². The quantitative estimate of drug-likeness (QED) is 0.181. The highest BCUT2D eigenvalue weighted by molar-refractivity contribution is 7.14. The average molecular weight is 747 g/mol. The van der Waals surface area contributed by atoms with Gasteiger partial charge in [-0.3, -0.25) is 14.4 Å². The molecule has 5 atom stereocenters. The zero-order valence-corrected chi connectivity index (χ0v) is 31.5. The van der Waals surface area contributed by atoms with Gasteiger partial charge < -0.3 is 30.1 Å². The summed E-state index contributed by atoms with van der Waals surface area (Å²) in [6.07, 6.45) is 9.91. The van der Waals surface area contributed by atoms with E-state index in [0.717, 1.165) is 78.7 Å². The van der Waals surface area contributed by atoms with E-state index in [1.807, 2.05) is 48.7 Å². The van der Waals surface area contributed by atoms with E-state index in [1.54, 1.807) is 4.90 Å². The number of amides is 2. The molecular weight excluding hydrogens is 697 g/mol. The lowest BCUT2D eigenvalue weighted by Gasteiger charge is -2.29. The molecule has 2 aliphatic heterocycles. The summed E-state index contributed by atoms with van der Waals surface area (Å²) < 4.78 is 12.4. The summed E-state index contributed by atoms with van der Waals surface area (Å²) in [6, 6.07) is 7.27. The first kappa shape index (κ1) is 37.1. The van der Waals surface area contributed by atoms with E-state index < -0.39 is 36.0 Å². The maximum atomic E-state index is 14.4. The van der Waals surface area contributed by atoms with E-state index >= 15 is 0 Å². The molecule has 0 spiro atoms. The molecule has 1 saturated heterocycles. The molecule has 284 valence electrons. The van der Waals surface area contributed by atoms with Gasteiger partial charge in [-0.15, -0.1) is 11.3 Å². The molecule has 7 rings (SSSR count). The first-order valence-corrected chi connectivity index (χ1v) is 19.9. The molecule has 0 unspecified atom stereocenters. The van der Waals surface area contributed by atoms with Gasteiger partial charge in [-0.2, -0.15) is 5.48 Å². The lowest BCUT2D eigenvalue weighted by molar-refractivity contribution is -0.163. The van der Waals surface area contributed by atoms with E-state index in [9.17, 15) is 19.5 Å². The van der Waals surface area contributed by atoms with E-state index in [4.69, 9.17) is 24.3 Å². The number of hydrogen-bond acceptors (Lipinski definition) is 11. The molecule has 1 aromatic carbocycles. The molecule has 2 aliphatic carbocycles. The summed E-state index contributed by atoms with van der Waals surface area (Å²) >= 11 is 1.51. The molecule has 53 heavy (non-hydrogen) atoms. The van der Waals surface area contributed by atoms with Crippen LogP contribution in [-0.4, -0.2) is 80.5 Å². The van der Waals surface area contributed by atoms with Crippen LogP contribution >= 0.6 is 11.3 Å². The van der Waals surface area contributed by atoms with Crippen molar-refractivity contribution in [3.8, 4) is 17.1 Å². The summed E-state index contributed by atoms with van der Waals surface area (Å²) in [5, 5.41) is 20.0. The summed E-state index contributed by atoms with van der Waals surface area (Å²) in [6.45, 7) is 6.30. The average Bonchev–Trinajstić information content (AvgIpc) is 3.51. The van der Waals surface area contributed by atoms with Gasteiger partial charge in [0.15, 0.2) is 11.4 Å². The van der Waals surface area contributed by atoms with Crippen molar-refractivity contribution in [1.29, 1.82) is 0 Å². The predicted octanol–water partition coefficient (Wildman–Crippen LogP) is 6.72. The van der Waals surface area contributed by atoms with Crippen molar-refractivity contribution < 1.29 is 33.8 Å². The van der Waals surface area contributed by atoms with Crippen molar-refractivity contribution >= 4 is 45.3 Å². The Bertz CT molecular complexity index is 1840. The molecule has 13 nitrogen and oxygen atoms in total. The van der Waals surface area contributed by atoms with Crippen LogP contribution in [0.25, 0.3) is 22.3 Å². The topological polar surface area (TPSA) is 164 Å². The third kappa shape index (κ3) is 8.60. The summed E-state index contributed by atoms with van der Waals surface area (Å²) in [5.41, 5.74) is 4.78. The highest BCUT2D eigenvalue weighted by atomic mass is 32.1. The second-order valence-corrected chi connectivity index (χ2v) is 16.0. The summed E-state index contributed by atoms with van der Waals surface area (Å²) in [5.74, 6) is -0.961. The molecule has 0 radical (unpaired) electrons. The Kier molecular flexibility index (Phi) is 11.2. The number of carboxylic acids is 1. The number of allylic oxidation sites excluding steroid dienone is 1. The van der Waals surface area contributed by atoms with Crippen molar-refractivity contribution in [2.45, 2.75) is 127 Å². The van der Waals surface area contributed by atoms with Crippen LogP contribution in [0.2, 0.25) is 0 Å². The second-order valence-electron chi connectivity index (χ2n) is 15.2. The Hall–Kier alpha value is -4.27. The zero-order chi connectivity index (χ0) is 37.1. The summed E-state index contributed by atoms with van der Waals surface area (Å²) in [4.78, 5) is 57.5. The number of hydroxylamine groups is 1. The van der Waals surface area contributed by atoms with Gasteiger partial charge >= 0.3 is 12.1 Å². The highest BCUT2D eigenvalue weighted by Gasteiger charge is 2.60. The van der Waals surface area contributed by atoms with Gasteiger partial charge in [0.05, 0.1) is 17.8 Å². The number of nitrogens with zero attached hydrogens (tertiary/aromatic N) is 3. The number of pyridine rings is 1. The number of ether oxygens (including phenoxy) is 2. The fourth-order valence-corrected chi connectivity index (χ4v) is 8.40. The second kappa shape index (κ2) is 16.0. The highest BCUT2D eigenvalue weighted by Crippen LogP contribution is 2.45. The Balaban J connectivity index is 1.17. The van der Waals surface area contributed by atoms with E-state index in [0.29, 0.717) is 24.3 Å². The number of aryl methyl sites for hydroxylation is 1. The van der Waals surface area contributed by atoms with Crippen molar-refractivity contribution in [2.75, 3.05) is 11.9 Å². The Morgan fingerprint density at radius 3 is 2.68 bits per heavy atom. The number of fused-ring (bicyclic) bond motifs is 3. The smallest absolute Gasteiger partial charge is 0.408 e. The van der Waals surface area contributed by atoms with Crippen LogP contribution in [0.5, 0.6) is 5.75 Å². The standard InChI is InChI=1S/C39H50N6O7S/c1-23(2)40-37-42-32(22-53-37)31-19-33(28-16-15-24(3)17-30(28)41-31)50-27-18-34-45(21-27)35(46)29(43-38(49)51-26-12-9-10-13-26)14-8-6-4-5-7-11-25-20-39(25,36(47)48)44-52-34/h7,11,15-17,19,22-23,25-27,29,34,44H,4-6,8-10,12-14,18,20-21H2,1-3H3,(H,40,42)(H,43,49)(H,47,48)/b11-7-/t25-,27-,29+,34-,39-/m1/s1. The van der Waals surface area contributed by atoms with Crippen molar-refractivity contribution in [1.82, 2.24) is 25.7 Å². The van der Waals surface area contributed by atoms with Crippen LogP contribution in [0, 0.1) is 12.8 Å². The molecule has 2 saturated carbocycles. The number of benzene rings is 1. The molecule has 3 aromatic rings. The van der Waals surface area contributed by atoms with E-state index in [1.165, 1.54) is 11.3 Å². The minimum Gasteiger partial charge on any atom is -0.488 e. The maximum Gasteiger partial charge on any atom is 0.408 e. The van der Waals surface area contributed by atoms with Gasteiger partial charge in [-0.05, 0) is 89.8 Å². The molecule has 4 heterocycles. The molecule has 0 bridgehead atoms. The Morgan fingerprint density at radius 1 is 1.08 bits per heavy atom. The molecule has 2 amide bonds. The largest absolute Gasteiger partial charge is 0.488 e. The number of carbonyl (C=O) groups excluding carboxylic acids is 2. The van der Waals surface area contributed by atoms with E-state index in [-0.39, 0.29) is 36.9 Å². The Labute approximate surface area is 313 Å². The molecule has 4 aliphatic rings. The zero-order valence-electron chi connectivity index (χ0n) is 30.6. The Morgan fingerprint density at radius 2 is 1.89 bits per heavy atom. The number of hydrogen-bond donors (Lipinski definition) is 4. The minimum absolute atomic E-state index is 0.145. The molecule has 4 N–H and O–H groups in total. The number of alkyl carbamates (subject to hydrolysis) is 1. The number of anilines is 1. The lowest BCUT2D eigenvalue weighted by atomic mass is 10.1. The number of nitrogens with one attached hydrogen (secondary N) is 3. The fourth-order valence-electron chi connectivity index (χ4n) is 7.55. The third-order valence-corrected chi connectivity index (χ3v) is 11.3. The first-order valence-electron chi connectivity index (χ1n) is 19.0. The number of carbonyl (C=O) groups is 3. The summed E-state index contributed by atoms with van der Waals surface area (Å²) in [7, 11) is 0. The lowest BCUT2D eigenvalue weighted by Crippen LogP contribution is -2.53. The normalized spacial score (nSPS) is 27.4. The number of aliphatic carboxylic acids is 1. The van der Waals surface area contributed by atoms with Crippen LogP contribution in [0.1, 0.15) is 90.0 Å². The first-order chi connectivity index (χ1) is 25.6. The third-order valence-electron chi connectivity index (χ3n) is 10.6. The van der Waals surface area contributed by atoms with Gasteiger partial charge in [-0.25, -0.2) is 14.8 Å². The molecule has 2 aromatic heterocycles. The number of rotatable bonds is 8. The van der Waals surface area contributed by atoms with Crippen LogP contribution in [0.3, 0.4) is 0 Å². The van der Waals surface area contributed by atoms with E-state index in [2.05, 4.69) is 30.0 Å². The van der Waals surface area contributed by atoms with Gasteiger partial charge in [0, 0.05) is 35.2 Å². The minimum atomic E-state index is -1.28. The molecule has 3 fully saturated rings. The van der Waals surface area contributed by atoms with Gasteiger partial charge in [0.1, 0.15) is 35.2 Å². The van der Waals surface area contributed by atoms with Gasteiger partial charge in [0.2, 0.25) is 5.91 Å². The van der Waals surface area contributed by atoms with Crippen molar-refractivity contribution in [3.05, 3.63) is 47.4 Å². The van der Waals surface area contributed by atoms with Crippen LogP contribution in [0.4, 0.5) is 9.93 Å². The SMILES string of the molecule is Cc1ccc2c(O[C@@H]3C[C@H]4ON[C@]5(C(=O)O)C[C@H]5/C=C\CCCCC[C@H](NC(=O)OC5CCCC5)C(=O)N4C3)cc(-c3csc(NC(C)C)n3)nc2c1. The maximum absolute atomic E-state index is 14.4. The number of carboxylic acid groups (broad SMARTS) is 1. The fraction of sp³-hybridized carbons (Fsp3) is 0.564. The number of thiazole rings is 1.